The molecule has 0 saturated heterocycles. The summed E-state index contributed by atoms with van der Waals surface area (Å²) in [6.07, 6.45) is 14.8. The second kappa shape index (κ2) is 7.58. The predicted molar refractivity (Wildman–Crippen MR) is 92.8 cm³/mol. The fourth-order valence-corrected chi connectivity index (χ4v) is 9.49. The van der Waals surface area contributed by atoms with Crippen LogP contribution >= 0.6 is 0 Å². The van der Waals surface area contributed by atoms with Crippen LogP contribution in [0.15, 0.2) is 44.2 Å². The molecule has 0 atom stereocenters. The van der Waals surface area contributed by atoms with E-state index in [1.807, 2.05) is 50.3 Å². The molecule has 0 aromatic carbocycles. The molecule has 2 aliphatic carbocycles. The molecule has 0 unspecified atom stereocenters. The minimum atomic E-state index is -4.85. The van der Waals surface area contributed by atoms with E-state index in [-0.39, 0.29) is 11.9 Å². The van der Waals surface area contributed by atoms with Gasteiger partial charge in [0.25, 0.3) is 0 Å². The monoisotopic (exact) mass is 366 g/mol. The fraction of sp³-hybridized carbons (Fsp3) is 0.421. The van der Waals surface area contributed by atoms with Gasteiger partial charge in [-0.1, -0.05) is 0 Å². The molecule has 0 amide bonds. The number of rotatable bonds is 8. The zero-order valence-electron chi connectivity index (χ0n) is 14.5. The van der Waals surface area contributed by atoms with Crippen molar-refractivity contribution >= 4 is 16.8 Å². The average Bonchev–Trinajstić information content (AvgIpc) is 3.22. The molecule has 0 fully saturated rings. The Labute approximate surface area is 145 Å². The van der Waals surface area contributed by atoms with Gasteiger partial charge in [-0.2, -0.15) is 0 Å². The van der Waals surface area contributed by atoms with Crippen LogP contribution in [0.1, 0.15) is 52.4 Å². The standard InChI is InChI=1S/2C5H5.2C4H8O2.CH2.Ti/c2*1-2-4-5-3-1;2*1-2-3-4(5)6;;/h2*1-3H,4H2;2*2-3H2,1H3,(H,5,6);1H2;/q;;;;;+2/p-2. The van der Waals surface area contributed by atoms with Crippen molar-refractivity contribution in [2.75, 3.05) is 0 Å². The predicted octanol–water partition coefficient (Wildman–Crippen LogP) is 4.31. The van der Waals surface area contributed by atoms with E-state index in [1.54, 1.807) is 0 Å². The quantitative estimate of drug-likeness (QED) is 0.601. The summed E-state index contributed by atoms with van der Waals surface area (Å²) in [5.41, 5.74) is 0. The number of allylic oxidation sites excluding steroid dienone is 8. The van der Waals surface area contributed by atoms with Crippen molar-refractivity contribution in [3.8, 4) is 0 Å². The summed E-state index contributed by atoms with van der Waals surface area (Å²) < 4.78 is 13.8. The molecule has 130 valence electrons. The van der Waals surface area contributed by atoms with Crippen molar-refractivity contribution in [3.05, 3.63) is 44.2 Å². The Kier molecular flexibility index (Phi) is 5.94. The molecular formula is C19H26O4Ti. The summed E-state index contributed by atoms with van der Waals surface area (Å²) in [5, 5.41) is 0. The molecule has 0 aromatic heterocycles. The van der Waals surface area contributed by atoms with Gasteiger partial charge < -0.3 is 0 Å². The molecule has 0 saturated carbocycles. The third kappa shape index (κ3) is 3.60. The van der Waals surface area contributed by atoms with E-state index in [0.717, 1.165) is 7.76 Å². The average molecular weight is 366 g/mol. The van der Waals surface area contributed by atoms with Gasteiger partial charge >= 0.3 is 145 Å². The zero-order chi connectivity index (χ0) is 17.7. The first kappa shape index (κ1) is 18.8. The molecule has 0 N–H and O–H groups in total. The van der Waals surface area contributed by atoms with E-state index < -0.39 is 15.6 Å². The van der Waals surface area contributed by atoms with Crippen molar-refractivity contribution in [3.63, 3.8) is 0 Å². The molecule has 0 radical (unpaired) electrons. The van der Waals surface area contributed by atoms with Crippen LogP contribution in [0.3, 0.4) is 0 Å². The van der Waals surface area contributed by atoms with Crippen LogP contribution in [0.25, 0.3) is 0 Å². The normalized spacial score (nSPS) is 16.8. The Morgan fingerprint density at radius 3 is 1.67 bits per heavy atom. The van der Waals surface area contributed by atoms with Gasteiger partial charge in [-0.05, 0) is 0 Å². The Bertz CT molecular complexity index is 647. The first-order valence-electron chi connectivity index (χ1n) is 8.63. The number of hydrogen-bond acceptors (Lipinski definition) is 4. The molecule has 5 heteroatoms. The number of carbonyl (C=O) groups excluding carboxylic acids is 2. The van der Waals surface area contributed by atoms with E-state index >= 15 is 0 Å². The van der Waals surface area contributed by atoms with Crippen molar-refractivity contribution in [2.24, 2.45) is 0 Å². The Morgan fingerprint density at radius 1 is 0.958 bits per heavy atom. The van der Waals surface area contributed by atoms with Crippen LogP contribution in [-0.4, -0.2) is 16.8 Å². The SMILES string of the molecule is [CH2]=[Ti]([O]C(=O)CCC)([O]C(=O)CCC)([C]1=CC=CC1)[C]1=CC=CC1. The van der Waals surface area contributed by atoms with Crippen LogP contribution in [0, 0.1) is 0 Å². The van der Waals surface area contributed by atoms with Gasteiger partial charge in [-0.3, -0.25) is 0 Å². The topological polar surface area (TPSA) is 52.6 Å². The molecule has 24 heavy (non-hydrogen) atoms. The Morgan fingerprint density at radius 2 is 1.38 bits per heavy atom. The maximum absolute atomic E-state index is 12.4. The summed E-state index contributed by atoms with van der Waals surface area (Å²) in [4.78, 5) is 29.2. The minimum absolute atomic E-state index is 0.293. The van der Waals surface area contributed by atoms with Crippen LogP contribution < -0.4 is 0 Å². The van der Waals surface area contributed by atoms with Gasteiger partial charge in [0.1, 0.15) is 0 Å². The fourth-order valence-electron chi connectivity index (χ4n) is 3.13. The van der Waals surface area contributed by atoms with E-state index in [2.05, 4.69) is 4.82 Å². The van der Waals surface area contributed by atoms with Gasteiger partial charge in [0, 0.05) is 0 Å². The molecule has 2 aliphatic rings. The van der Waals surface area contributed by atoms with E-state index in [0.29, 0.717) is 38.5 Å². The van der Waals surface area contributed by atoms with Crippen LogP contribution in [-0.2, 0) is 31.8 Å². The second-order valence-electron chi connectivity index (χ2n) is 6.36. The summed E-state index contributed by atoms with van der Waals surface area (Å²) in [6, 6.07) is 0. The van der Waals surface area contributed by atoms with Crippen molar-refractivity contribution in [1.29, 1.82) is 0 Å². The van der Waals surface area contributed by atoms with Crippen molar-refractivity contribution in [1.82, 2.24) is 0 Å². The van der Waals surface area contributed by atoms with E-state index in [9.17, 15) is 9.59 Å². The molecule has 2 rings (SSSR count). The van der Waals surface area contributed by atoms with Gasteiger partial charge in [-0.25, -0.2) is 0 Å². The third-order valence-electron chi connectivity index (χ3n) is 4.41. The Hall–Kier alpha value is -1.52. The summed E-state index contributed by atoms with van der Waals surface area (Å²) in [6.45, 7) is 3.84. The molecule has 0 spiro atoms. The number of carbonyl (C=O) groups is 2. The molecule has 0 heterocycles. The Balaban J connectivity index is 2.52. The van der Waals surface area contributed by atoms with Crippen LogP contribution in [0.4, 0.5) is 0 Å². The van der Waals surface area contributed by atoms with Gasteiger partial charge in [0.05, 0.1) is 0 Å². The zero-order valence-corrected chi connectivity index (χ0v) is 16.1. The molecular weight excluding hydrogens is 340 g/mol. The van der Waals surface area contributed by atoms with Crippen LogP contribution in [0.5, 0.6) is 0 Å². The van der Waals surface area contributed by atoms with E-state index in [4.69, 9.17) is 6.64 Å². The van der Waals surface area contributed by atoms with Gasteiger partial charge in [-0.15, -0.1) is 0 Å². The van der Waals surface area contributed by atoms with Gasteiger partial charge in [0.15, 0.2) is 0 Å². The van der Waals surface area contributed by atoms with Crippen molar-refractivity contribution in [2.45, 2.75) is 52.4 Å². The third-order valence-corrected chi connectivity index (χ3v) is 11.7. The van der Waals surface area contributed by atoms with E-state index in [1.165, 1.54) is 0 Å². The maximum atomic E-state index is 12.4. The summed E-state index contributed by atoms with van der Waals surface area (Å²) in [5.74, 6) is -0.677. The van der Waals surface area contributed by atoms with Crippen molar-refractivity contribution < 1.29 is 31.8 Å². The van der Waals surface area contributed by atoms with Crippen LogP contribution in [0.2, 0.25) is 0 Å². The summed E-state index contributed by atoms with van der Waals surface area (Å²) >= 11 is -4.85. The number of hydrogen-bond donors (Lipinski definition) is 0. The van der Waals surface area contributed by atoms with Gasteiger partial charge in [0.2, 0.25) is 0 Å². The molecule has 0 aromatic rings. The molecule has 4 nitrogen and oxygen atoms in total. The second-order valence-corrected chi connectivity index (χ2v) is 12.9. The molecule has 0 aliphatic heterocycles. The summed E-state index contributed by atoms with van der Waals surface area (Å²) in [7, 11) is 0. The molecule has 0 bridgehead atoms. The first-order chi connectivity index (χ1) is 11.4. The first-order valence-corrected chi connectivity index (χ1v) is 12.6.